The lowest BCUT2D eigenvalue weighted by molar-refractivity contribution is 0.237. The third-order valence-electron chi connectivity index (χ3n) is 4.30. The third-order valence-corrected chi connectivity index (χ3v) is 4.54. The Morgan fingerprint density at radius 1 is 1.28 bits per heavy atom. The van der Waals surface area contributed by atoms with Crippen molar-refractivity contribution in [2.75, 3.05) is 25.1 Å². The predicted octanol–water partition coefficient (Wildman–Crippen LogP) is 3.43. The molecule has 1 heterocycles. The molecule has 6 heteroatoms. The number of anilines is 1. The Labute approximate surface area is 152 Å². The first kappa shape index (κ1) is 17.4. The van der Waals surface area contributed by atoms with Gasteiger partial charge in [-0.25, -0.2) is 4.79 Å². The molecule has 2 aromatic rings. The molecule has 1 aliphatic heterocycles. The van der Waals surface area contributed by atoms with Crippen molar-refractivity contribution in [3.05, 3.63) is 59.1 Å². The average Bonchev–Trinajstić information content (AvgIpc) is 3.09. The van der Waals surface area contributed by atoms with Crippen LogP contribution in [0.5, 0.6) is 5.75 Å². The number of hydrogen-bond donors (Lipinski definition) is 2. The summed E-state index contributed by atoms with van der Waals surface area (Å²) in [6.07, 6.45) is 0.883. The highest BCUT2D eigenvalue weighted by Crippen LogP contribution is 2.33. The van der Waals surface area contributed by atoms with E-state index < -0.39 is 0 Å². The van der Waals surface area contributed by atoms with Gasteiger partial charge in [0.1, 0.15) is 5.75 Å². The Morgan fingerprint density at radius 3 is 2.84 bits per heavy atom. The smallest absolute Gasteiger partial charge is 0.315 e. The lowest BCUT2D eigenvalue weighted by Gasteiger charge is -2.22. The van der Waals surface area contributed by atoms with Crippen LogP contribution in [-0.4, -0.2) is 32.3 Å². The minimum atomic E-state index is -0.145. The van der Waals surface area contributed by atoms with E-state index in [1.807, 2.05) is 48.5 Å². The van der Waals surface area contributed by atoms with Crippen molar-refractivity contribution < 1.29 is 9.53 Å². The number of benzene rings is 2. The number of carbonyl (C=O) groups is 1. The van der Waals surface area contributed by atoms with Gasteiger partial charge in [-0.2, -0.15) is 0 Å². The number of urea groups is 1. The second kappa shape index (κ2) is 8.12. The van der Waals surface area contributed by atoms with Gasteiger partial charge in [-0.3, -0.25) is 0 Å². The van der Waals surface area contributed by atoms with E-state index in [1.54, 1.807) is 7.11 Å². The third kappa shape index (κ3) is 4.57. The molecule has 0 saturated carbocycles. The van der Waals surface area contributed by atoms with E-state index in [4.69, 9.17) is 16.3 Å². The Hall–Kier alpha value is -2.40. The summed E-state index contributed by atoms with van der Waals surface area (Å²) in [5, 5.41) is 6.61. The van der Waals surface area contributed by atoms with Crippen LogP contribution in [0.1, 0.15) is 12.0 Å². The van der Waals surface area contributed by atoms with Crippen LogP contribution in [0.2, 0.25) is 5.02 Å². The van der Waals surface area contributed by atoms with Gasteiger partial charge < -0.3 is 20.3 Å². The highest BCUT2D eigenvalue weighted by Gasteiger charge is 2.26. The highest BCUT2D eigenvalue weighted by atomic mass is 35.5. The lowest BCUT2D eigenvalue weighted by atomic mass is 10.2. The van der Waals surface area contributed by atoms with Gasteiger partial charge in [0.2, 0.25) is 0 Å². The molecular weight excluding hydrogens is 338 g/mol. The van der Waals surface area contributed by atoms with Gasteiger partial charge in [0.15, 0.2) is 0 Å². The summed E-state index contributed by atoms with van der Waals surface area (Å²) in [6.45, 7) is 2.10. The number of hydrogen-bond acceptors (Lipinski definition) is 3. The van der Waals surface area contributed by atoms with E-state index in [0.29, 0.717) is 11.6 Å². The van der Waals surface area contributed by atoms with Crippen molar-refractivity contribution >= 4 is 23.3 Å². The van der Waals surface area contributed by atoms with Gasteiger partial charge >= 0.3 is 6.03 Å². The summed E-state index contributed by atoms with van der Waals surface area (Å²) in [6, 6.07) is 15.4. The second-order valence-corrected chi connectivity index (χ2v) is 6.50. The molecule has 0 bridgehead atoms. The Balaban J connectivity index is 1.53. The highest BCUT2D eigenvalue weighted by molar-refractivity contribution is 6.30. The van der Waals surface area contributed by atoms with E-state index in [9.17, 15) is 4.79 Å². The largest absolute Gasteiger partial charge is 0.495 e. The molecule has 132 valence electrons. The van der Waals surface area contributed by atoms with Crippen LogP contribution >= 0.6 is 11.6 Å². The Bertz CT molecular complexity index is 724. The molecule has 0 spiro atoms. The Kier molecular flexibility index (Phi) is 5.66. The topological polar surface area (TPSA) is 53.6 Å². The van der Waals surface area contributed by atoms with Gasteiger partial charge in [0.25, 0.3) is 0 Å². The summed E-state index contributed by atoms with van der Waals surface area (Å²) >= 11 is 6.11. The molecule has 0 aliphatic carbocycles. The maximum atomic E-state index is 12.1. The number of ether oxygens (including phenoxy) is 1. The number of nitrogens with zero attached hydrogens (tertiary/aromatic N) is 1. The first-order chi connectivity index (χ1) is 12.2. The van der Waals surface area contributed by atoms with Gasteiger partial charge in [-0.05, 0) is 30.2 Å². The summed E-state index contributed by atoms with van der Waals surface area (Å²) in [4.78, 5) is 14.3. The molecule has 0 aromatic heterocycles. The van der Waals surface area contributed by atoms with Crippen molar-refractivity contribution in [3.8, 4) is 5.75 Å². The zero-order chi connectivity index (χ0) is 17.6. The second-order valence-electron chi connectivity index (χ2n) is 6.06. The first-order valence-corrected chi connectivity index (χ1v) is 8.70. The van der Waals surface area contributed by atoms with E-state index >= 15 is 0 Å². The lowest BCUT2D eigenvalue weighted by Crippen LogP contribution is -2.43. The van der Waals surface area contributed by atoms with Crippen LogP contribution in [0.3, 0.4) is 0 Å². The van der Waals surface area contributed by atoms with Gasteiger partial charge in [0.05, 0.1) is 12.8 Å². The number of rotatable bonds is 5. The minimum Gasteiger partial charge on any atom is -0.495 e. The number of carbonyl (C=O) groups excluding carboxylic acids is 1. The minimum absolute atomic E-state index is 0.0967. The summed E-state index contributed by atoms with van der Waals surface area (Å²) < 4.78 is 5.42. The monoisotopic (exact) mass is 359 g/mol. The van der Waals surface area contributed by atoms with Crippen LogP contribution in [0.15, 0.2) is 48.5 Å². The van der Waals surface area contributed by atoms with E-state index in [1.165, 1.54) is 0 Å². The summed E-state index contributed by atoms with van der Waals surface area (Å²) in [7, 11) is 1.65. The number of methoxy groups -OCH3 is 1. The van der Waals surface area contributed by atoms with E-state index in [2.05, 4.69) is 15.5 Å². The molecule has 25 heavy (non-hydrogen) atoms. The standard InChI is InChI=1S/C19H22ClN3O2/c1-25-18-8-7-15(20)11-17(18)23-10-9-16(13-23)22-19(24)21-12-14-5-3-2-4-6-14/h2-8,11,16H,9-10,12-13H2,1H3,(H2,21,22,24). The predicted molar refractivity (Wildman–Crippen MR) is 100 cm³/mol. The average molecular weight is 360 g/mol. The summed E-state index contributed by atoms with van der Waals surface area (Å²) in [5.41, 5.74) is 2.04. The zero-order valence-corrected chi connectivity index (χ0v) is 14.9. The fraction of sp³-hybridized carbons (Fsp3) is 0.316. The molecule has 1 aliphatic rings. The fourth-order valence-corrected chi connectivity index (χ4v) is 3.19. The molecule has 2 amide bonds. The van der Waals surface area contributed by atoms with Gasteiger partial charge in [0, 0.05) is 30.7 Å². The molecule has 2 aromatic carbocycles. The van der Waals surface area contributed by atoms with Crippen LogP contribution in [0, 0.1) is 0 Å². The SMILES string of the molecule is COc1ccc(Cl)cc1N1CCC(NC(=O)NCc2ccccc2)C1. The van der Waals surface area contributed by atoms with Crippen LogP contribution in [0.4, 0.5) is 10.5 Å². The van der Waals surface area contributed by atoms with Crippen molar-refractivity contribution in [2.24, 2.45) is 0 Å². The first-order valence-electron chi connectivity index (χ1n) is 8.32. The van der Waals surface area contributed by atoms with Crippen molar-refractivity contribution in [2.45, 2.75) is 19.0 Å². The van der Waals surface area contributed by atoms with Crippen molar-refractivity contribution in [1.82, 2.24) is 10.6 Å². The maximum Gasteiger partial charge on any atom is 0.315 e. The van der Waals surface area contributed by atoms with Crippen LogP contribution in [-0.2, 0) is 6.54 Å². The normalized spacial score (nSPS) is 16.6. The molecule has 3 rings (SSSR count). The zero-order valence-electron chi connectivity index (χ0n) is 14.2. The van der Waals surface area contributed by atoms with Crippen LogP contribution < -0.4 is 20.3 Å². The molecular formula is C19H22ClN3O2. The molecule has 1 fully saturated rings. The van der Waals surface area contributed by atoms with Crippen molar-refractivity contribution in [3.63, 3.8) is 0 Å². The van der Waals surface area contributed by atoms with Gasteiger partial charge in [-0.15, -0.1) is 0 Å². The molecule has 1 atom stereocenters. The molecule has 5 nitrogen and oxygen atoms in total. The molecule has 2 N–H and O–H groups in total. The fourth-order valence-electron chi connectivity index (χ4n) is 3.02. The molecule has 0 radical (unpaired) electrons. The van der Waals surface area contributed by atoms with E-state index in [-0.39, 0.29) is 12.1 Å². The van der Waals surface area contributed by atoms with Gasteiger partial charge in [-0.1, -0.05) is 41.9 Å². The number of halogens is 1. The van der Waals surface area contributed by atoms with E-state index in [0.717, 1.165) is 36.5 Å². The van der Waals surface area contributed by atoms with Crippen molar-refractivity contribution in [1.29, 1.82) is 0 Å². The Morgan fingerprint density at radius 2 is 2.08 bits per heavy atom. The molecule has 1 saturated heterocycles. The molecule has 1 unspecified atom stereocenters. The maximum absolute atomic E-state index is 12.1. The summed E-state index contributed by atoms with van der Waals surface area (Å²) in [5.74, 6) is 0.790. The van der Waals surface area contributed by atoms with Crippen LogP contribution in [0.25, 0.3) is 0 Å². The quantitative estimate of drug-likeness (QED) is 0.860. The number of nitrogens with one attached hydrogen (secondary N) is 2. The number of amides is 2.